The summed E-state index contributed by atoms with van der Waals surface area (Å²) in [5, 5.41) is 10.0. The van der Waals surface area contributed by atoms with Gasteiger partial charge in [-0.1, -0.05) is 35.4 Å². The van der Waals surface area contributed by atoms with Crippen molar-refractivity contribution in [3.05, 3.63) is 58.7 Å². The van der Waals surface area contributed by atoms with E-state index in [2.05, 4.69) is 0 Å². The van der Waals surface area contributed by atoms with E-state index in [1.54, 1.807) is 26.0 Å². The zero-order chi connectivity index (χ0) is 20.2. The Labute approximate surface area is 158 Å². The van der Waals surface area contributed by atoms with Crippen molar-refractivity contribution in [1.29, 1.82) is 0 Å². The number of aliphatic hydroxyl groups excluding tert-OH is 1. The zero-order valence-electron chi connectivity index (χ0n) is 14.7. The molecular formula is C18H20O7S2. The Morgan fingerprint density at radius 3 is 1.48 bits per heavy atom. The molecule has 0 bridgehead atoms. The van der Waals surface area contributed by atoms with Crippen LogP contribution in [0.25, 0.3) is 0 Å². The number of benzene rings is 2. The molecule has 1 aliphatic rings. The third-order valence-corrected chi connectivity index (χ3v) is 6.85. The van der Waals surface area contributed by atoms with Gasteiger partial charge in [0.05, 0.1) is 15.9 Å². The second-order valence-electron chi connectivity index (χ2n) is 7.09. The van der Waals surface area contributed by atoms with Gasteiger partial charge in [0, 0.05) is 5.41 Å². The van der Waals surface area contributed by atoms with Crippen molar-refractivity contribution in [3.63, 3.8) is 0 Å². The first-order valence-corrected chi connectivity index (χ1v) is 11.1. The summed E-state index contributed by atoms with van der Waals surface area (Å²) in [4.78, 5) is -0.689. The van der Waals surface area contributed by atoms with Gasteiger partial charge in [-0.15, -0.1) is 0 Å². The van der Waals surface area contributed by atoms with Crippen LogP contribution in [0.2, 0.25) is 0 Å². The maximum Gasteiger partial charge on any atom is 0.294 e. The summed E-state index contributed by atoms with van der Waals surface area (Å²) in [5.41, 5.74) is 0.642. The quantitative estimate of drug-likeness (QED) is 0.657. The average molecular weight is 412 g/mol. The molecule has 1 aliphatic carbocycles. The minimum atomic E-state index is -4.59. The molecule has 2 aromatic carbocycles. The molecule has 2 aromatic rings. The lowest BCUT2D eigenvalue weighted by Crippen LogP contribution is -2.47. The second-order valence-corrected chi connectivity index (χ2v) is 9.87. The van der Waals surface area contributed by atoms with E-state index in [0.717, 1.165) is 0 Å². The molecule has 1 fully saturated rings. The van der Waals surface area contributed by atoms with Gasteiger partial charge in [0.1, 0.15) is 0 Å². The standard InChI is InChI=1S/C18H20O7S2/c1-11-3-5-16(26(20,21)22)14(7-11)18(9-13(19)10-18)15-8-12(2)4-6-17(15)27(23,24)25/h3-8,13,19H,9-10H2,1-2H3,(H,20,21,22)(H,23,24,25). The fourth-order valence-corrected chi connectivity index (χ4v) is 5.36. The molecule has 3 N–H and O–H groups in total. The summed E-state index contributed by atoms with van der Waals surface area (Å²) >= 11 is 0. The Bertz CT molecular complexity index is 1030. The average Bonchev–Trinajstić information content (AvgIpc) is 2.49. The summed E-state index contributed by atoms with van der Waals surface area (Å²) in [6, 6.07) is 8.69. The molecule has 0 amide bonds. The van der Waals surface area contributed by atoms with Crippen LogP contribution in [-0.2, 0) is 25.7 Å². The minimum Gasteiger partial charge on any atom is -0.393 e. The monoisotopic (exact) mass is 412 g/mol. The van der Waals surface area contributed by atoms with E-state index in [4.69, 9.17) is 0 Å². The number of hydrogen-bond donors (Lipinski definition) is 3. The highest BCUT2D eigenvalue weighted by atomic mass is 32.2. The topological polar surface area (TPSA) is 129 Å². The minimum absolute atomic E-state index is 0.0605. The molecule has 1 saturated carbocycles. The lowest BCUT2D eigenvalue weighted by molar-refractivity contribution is 0.0350. The predicted molar refractivity (Wildman–Crippen MR) is 98.0 cm³/mol. The van der Waals surface area contributed by atoms with Gasteiger partial charge in [-0.3, -0.25) is 9.11 Å². The molecule has 0 atom stereocenters. The smallest absolute Gasteiger partial charge is 0.294 e. The number of rotatable bonds is 4. The van der Waals surface area contributed by atoms with Crippen LogP contribution in [0.4, 0.5) is 0 Å². The van der Waals surface area contributed by atoms with E-state index >= 15 is 0 Å². The van der Waals surface area contributed by atoms with E-state index in [-0.39, 0.29) is 33.8 Å². The molecule has 0 radical (unpaired) electrons. The van der Waals surface area contributed by atoms with Crippen molar-refractivity contribution in [2.24, 2.45) is 0 Å². The summed E-state index contributed by atoms with van der Waals surface area (Å²) in [6.07, 6.45) is -0.648. The van der Waals surface area contributed by atoms with E-state index < -0.39 is 31.8 Å². The Morgan fingerprint density at radius 2 is 1.19 bits per heavy atom. The lowest BCUT2D eigenvalue weighted by atomic mass is 9.58. The summed E-state index contributed by atoms with van der Waals surface area (Å²) in [7, 11) is -9.17. The molecule has 3 rings (SSSR count). The Kier molecular flexibility index (Phi) is 4.72. The molecule has 7 nitrogen and oxygen atoms in total. The molecule has 27 heavy (non-hydrogen) atoms. The van der Waals surface area contributed by atoms with Gasteiger partial charge in [-0.25, -0.2) is 0 Å². The highest BCUT2D eigenvalue weighted by molar-refractivity contribution is 7.86. The van der Waals surface area contributed by atoms with Crippen LogP contribution in [0.3, 0.4) is 0 Å². The van der Waals surface area contributed by atoms with Gasteiger partial charge in [0.25, 0.3) is 20.2 Å². The summed E-state index contributed by atoms with van der Waals surface area (Å²) in [6.45, 7) is 3.47. The first kappa shape index (κ1) is 20.0. The molecule has 0 aromatic heterocycles. The molecule has 146 valence electrons. The SMILES string of the molecule is Cc1ccc(S(=O)(=O)O)c(C2(c3cc(C)ccc3S(=O)(=O)O)CC(O)C2)c1. The molecular weight excluding hydrogens is 392 g/mol. The van der Waals surface area contributed by atoms with Gasteiger partial charge in [0.2, 0.25) is 0 Å². The lowest BCUT2D eigenvalue weighted by Gasteiger charge is -2.47. The van der Waals surface area contributed by atoms with Gasteiger partial charge in [-0.2, -0.15) is 16.8 Å². The van der Waals surface area contributed by atoms with E-state index in [9.17, 15) is 31.0 Å². The first-order valence-electron chi connectivity index (χ1n) is 8.20. The number of aliphatic hydroxyl groups is 1. The Hall–Kier alpha value is -1.78. The van der Waals surface area contributed by atoms with Crippen LogP contribution < -0.4 is 0 Å². The van der Waals surface area contributed by atoms with E-state index in [0.29, 0.717) is 11.1 Å². The van der Waals surface area contributed by atoms with Crippen molar-refractivity contribution >= 4 is 20.2 Å². The maximum atomic E-state index is 11.9. The van der Waals surface area contributed by atoms with Crippen LogP contribution in [-0.4, -0.2) is 37.2 Å². The molecule has 0 spiro atoms. The second kappa shape index (κ2) is 6.39. The zero-order valence-corrected chi connectivity index (χ0v) is 16.4. The fourth-order valence-electron chi connectivity index (χ4n) is 3.82. The summed E-state index contributed by atoms with van der Waals surface area (Å²) < 4.78 is 67.1. The largest absolute Gasteiger partial charge is 0.393 e. The number of aryl methyl sites for hydroxylation is 2. The Balaban J connectivity index is 2.40. The molecule has 0 saturated heterocycles. The van der Waals surface area contributed by atoms with Gasteiger partial charge in [-0.05, 0) is 49.9 Å². The van der Waals surface area contributed by atoms with E-state index in [1.807, 2.05) is 0 Å². The Morgan fingerprint density at radius 1 is 0.815 bits per heavy atom. The maximum absolute atomic E-state index is 11.9. The number of hydrogen-bond acceptors (Lipinski definition) is 5. The van der Waals surface area contributed by atoms with Crippen LogP contribution in [0.15, 0.2) is 46.2 Å². The van der Waals surface area contributed by atoms with Gasteiger partial charge < -0.3 is 5.11 Å². The van der Waals surface area contributed by atoms with Crippen LogP contribution in [0, 0.1) is 13.8 Å². The van der Waals surface area contributed by atoms with Crippen LogP contribution in [0.1, 0.15) is 35.1 Å². The van der Waals surface area contributed by atoms with Crippen LogP contribution in [0.5, 0.6) is 0 Å². The van der Waals surface area contributed by atoms with E-state index in [1.165, 1.54) is 24.3 Å². The van der Waals surface area contributed by atoms with Crippen molar-refractivity contribution in [2.45, 2.75) is 48.0 Å². The van der Waals surface area contributed by atoms with Gasteiger partial charge >= 0.3 is 0 Å². The highest BCUT2D eigenvalue weighted by Gasteiger charge is 2.50. The molecule has 0 unspecified atom stereocenters. The molecule has 0 heterocycles. The van der Waals surface area contributed by atoms with Gasteiger partial charge in [0.15, 0.2) is 0 Å². The van der Waals surface area contributed by atoms with Crippen LogP contribution >= 0.6 is 0 Å². The predicted octanol–water partition coefficient (Wildman–Crippen LogP) is 2.24. The third-order valence-electron chi connectivity index (χ3n) is 5.03. The summed E-state index contributed by atoms with van der Waals surface area (Å²) in [5.74, 6) is 0. The highest BCUT2D eigenvalue weighted by Crippen LogP contribution is 2.52. The van der Waals surface area contributed by atoms with Crippen molar-refractivity contribution in [1.82, 2.24) is 0 Å². The first-order chi connectivity index (χ1) is 12.3. The fraction of sp³-hybridized carbons (Fsp3) is 0.333. The van der Waals surface area contributed by atoms with Crippen molar-refractivity contribution < 1.29 is 31.0 Å². The molecule has 0 aliphatic heterocycles. The molecule has 9 heteroatoms. The third kappa shape index (κ3) is 3.53. The normalized spacial score (nSPS) is 17.5. The van der Waals surface area contributed by atoms with Crippen molar-refractivity contribution in [3.8, 4) is 0 Å². The van der Waals surface area contributed by atoms with Crippen molar-refractivity contribution in [2.75, 3.05) is 0 Å².